The quantitative estimate of drug-likeness (QED) is 0.768. The third-order valence-electron chi connectivity index (χ3n) is 4.92. The molecule has 0 fully saturated rings. The largest absolute Gasteiger partial charge is 0.493 e. The number of aryl methyl sites for hydroxylation is 2. The van der Waals surface area contributed by atoms with Crippen molar-refractivity contribution >= 4 is 16.9 Å². The number of furan rings is 1. The molecule has 1 unspecified atom stereocenters. The van der Waals surface area contributed by atoms with Gasteiger partial charge in [0.05, 0.1) is 13.2 Å². The van der Waals surface area contributed by atoms with Gasteiger partial charge in [-0.1, -0.05) is 30.3 Å². The molecule has 0 radical (unpaired) electrons. The normalized spacial score (nSPS) is 14.3. The van der Waals surface area contributed by atoms with Crippen LogP contribution >= 0.6 is 0 Å². The number of hydrogen-bond donors (Lipinski definition) is 1. The molecule has 1 aliphatic carbocycles. The third-order valence-corrected chi connectivity index (χ3v) is 4.92. The highest BCUT2D eigenvalue weighted by Crippen LogP contribution is 2.29. The first-order chi connectivity index (χ1) is 12.2. The maximum absolute atomic E-state index is 12.6. The Morgan fingerprint density at radius 1 is 1.16 bits per heavy atom. The summed E-state index contributed by atoms with van der Waals surface area (Å²) in [4.78, 5) is 12.6. The van der Waals surface area contributed by atoms with E-state index in [1.165, 1.54) is 17.5 Å². The minimum absolute atomic E-state index is 0.0755. The highest BCUT2D eigenvalue weighted by Gasteiger charge is 2.19. The van der Waals surface area contributed by atoms with E-state index in [4.69, 9.17) is 9.15 Å². The van der Waals surface area contributed by atoms with E-state index in [0.29, 0.717) is 17.1 Å². The van der Waals surface area contributed by atoms with Crippen LogP contribution in [0.1, 0.15) is 46.6 Å². The van der Waals surface area contributed by atoms with Crippen LogP contribution in [-0.4, -0.2) is 13.0 Å². The van der Waals surface area contributed by atoms with Gasteiger partial charge in [-0.15, -0.1) is 0 Å². The molecule has 0 aliphatic heterocycles. The molecule has 4 rings (SSSR count). The summed E-state index contributed by atoms with van der Waals surface area (Å²) in [6.45, 7) is 2.00. The van der Waals surface area contributed by atoms with Gasteiger partial charge in [-0.3, -0.25) is 4.79 Å². The minimum Gasteiger partial charge on any atom is -0.493 e. The topological polar surface area (TPSA) is 51.5 Å². The number of fused-ring (bicyclic) bond motifs is 2. The molecule has 1 atom stereocenters. The molecule has 1 amide bonds. The Balaban J connectivity index is 1.55. The van der Waals surface area contributed by atoms with Crippen molar-refractivity contribution in [2.45, 2.75) is 32.2 Å². The van der Waals surface area contributed by atoms with Crippen LogP contribution in [0.3, 0.4) is 0 Å². The number of amides is 1. The number of benzene rings is 2. The van der Waals surface area contributed by atoms with Crippen LogP contribution in [0.15, 0.2) is 46.9 Å². The number of para-hydroxylation sites is 1. The molecule has 0 bridgehead atoms. The fourth-order valence-electron chi connectivity index (χ4n) is 3.52. The van der Waals surface area contributed by atoms with Gasteiger partial charge in [0.2, 0.25) is 0 Å². The first-order valence-corrected chi connectivity index (χ1v) is 8.65. The highest BCUT2D eigenvalue weighted by molar-refractivity contribution is 5.97. The van der Waals surface area contributed by atoms with Crippen molar-refractivity contribution in [3.05, 3.63) is 64.9 Å². The van der Waals surface area contributed by atoms with Crippen LogP contribution in [0.5, 0.6) is 5.75 Å². The molecule has 0 saturated carbocycles. The fraction of sp³-hybridized carbons (Fsp3) is 0.286. The molecule has 1 heterocycles. The van der Waals surface area contributed by atoms with Crippen LogP contribution in [0, 0.1) is 0 Å². The molecule has 3 aromatic rings. The lowest BCUT2D eigenvalue weighted by Crippen LogP contribution is -2.26. The van der Waals surface area contributed by atoms with Gasteiger partial charge in [0.1, 0.15) is 0 Å². The SMILES string of the molecule is COc1cccc2cc(C(=O)NC(C)c3ccc4c(c3)CCC4)oc12. The van der Waals surface area contributed by atoms with Gasteiger partial charge in [0.15, 0.2) is 17.1 Å². The summed E-state index contributed by atoms with van der Waals surface area (Å²) in [5.41, 5.74) is 4.57. The second-order valence-corrected chi connectivity index (χ2v) is 6.57. The Morgan fingerprint density at radius 3 is 2.84 bits per heavy atom. The smallest absolute Gasteiger partial charge is 0.287 e. The number of carbonyl (C=O) groups is 1. The lowest BCUT2D eigenvalue weighted by atomic mass is 10.0. The standard InChI is InChI=1S/C21H21NO3/c1-13(15-10-9-14-5-3-6-16(14)11-15)22-21(23)19-12-17-7-4-8-18(24-2)20(17)25-19/h4,7-13H,3,5-6H2,1-2H3,(H,22,23). The Hall–Kier alpha value is -2.75. The molecule has 1 N–H and O–H groups in total. The zero-order chi connectivity index (χ0) is 17.4. The average Bonchev–Trinajstić information content (AvgIpc) is 3.26. The molecule has 0 saturated heterocycles. The number of hydrogen-bond acceptors (Lipinski definition) is 3. The van der Waals surface area contributed by atoms with Gasteiger partial charge in [-0.05, 0) is 55.0 Å². The second kappa shape index (κ2) is 6.28. The van der Waals surface area contributed by atoms with Crippen molar-refractivity contribution in [2.24, 2.45) is 0 Å². The molecule has 0 spiro atoms. The van der Waals surface area contributed by atoms with E-state index in [0.717, 1.165) is 23.8 Å². The zero-order valence-electron chi connectivity index (χ0n) is 14.5. The fourth-order valence-corrected chi connectivity index (χ4v) is 3.52. The van der Waals surface area contributed by atoms with Crippen LogP contribution in [0.4, 0.5) is 0 Å². The summed E-state index contributed by atoms with van der Waals surface area (Å²) in [5.74, 6) is 0.710. The zero-order valence-corrected chi connectivity index (χ0v) is 14.5. The summed E-state index contributed by atoms with van der Waals surface area (Å²) in [6.07, 6.45) is 3.52. The van der Waals surface area contributed by atoms with Gasteiger partial charge in [-0.2, -0.15) is 0 Å². The van der Waals surface area contributed by atoms with E-state index in [-0.39, 0.29) is 11.9 Å². The van der Waals surface area contributed by atoms with E-state index < -0.39 is 0 Å². The van der Waals surface area contributed by atoms with Gasteiger partial charge >= 0.3 is 0 Å². The van der Waals surface area contributed by atoms with E-state index >= 15 is 0 Å². The van der Waals surface area contributed by atoms with E-state index in [9.17, 15) is 4.79 Å². The van der Waals surface area contributed by atoms with Crippen LogP contribution < -0.4 is 10.1 Å². The molecule has 4 heteroatoms. The lowest BCUT2D eigenvalue weighted by molar-refractivity contribution is 0.0914. The minimum atomic E-state index is -0.216. The predicted molar refractivity (Wildman–Crippen MR) is 97.1 cm³/mol. The van der Waals surface area contributed by atoms with Crippen molar-refractivity contribution in [3.63, 3.8) is 0 Å². The van der Waals surface area contributed by atoms with Gasteiger partial charge < -0.3 is 14.5 Å². The van der Waals surface area contributed by atoms with Crippen LogP contribution in [-0.2, 0) is 12.8 Å². The number of methoxy groups -OCH3 is 1. The summed E-state index contributed by atoms with van der Waals surface area (Å²) < 4.78 is 11.0. The summed E-state index contributed by atoms with van der Waals surface area (Å²) >= 11 is 0. The molecule has 128 valence electrons. The number of rotatable bonds is 4. The first kappa shape index (κ1) is 15.8. The van der Waals surface area contributed by atoms with E-state index in [1.54, 1.807) is 13.2 Å². The van der Waals surface area contributed by atoms with Crippen molar-refractivity contribution in [2.75, 3.05) is 7.11 Å². The van der Waals surface area contributed by atoms with Crippen molar-refractivity contribution in [3.8, 4) is 5.75 Å². The summed E-state index contributed by atoms with van der Waals surface area (Å²) in [5, 5.41) is 3.88. The van der Waals surface area contributed by atoms with Crippen molar-refractivity contribution in [1.82, 2.24) is 5.32 Å². The molecule has 1 aromatic heterocycles. The Morgan fingerprint density at radius 2 is 2.00 bits per heavy atom. The van der Waals surface area contributed by atoms with Crippen molar-refractivity contribution < 1.29 is 13.9 Å². The third kappa shape index (κ3) is 2.88. The first-order valence-electron chi connectivity index (χ1n) is 8.65. The Labute approximate surface area is 146 Å². The summed E-state index contributed by atoms with van der Waals surface area (Å²) in [7, 11) is 1.59. The molecule has 25 heavy (non-hydrogen) atoms. The molecule has 2 aromatic carbocycles. The lowest BCUT2D eigenvalue weighted by Gasteiger charge is -2.14. The number of carbonyl (C=O) groups excluding carboxylic acids is 1. The van der Waals surface area contributed by atoms with Crippen LogP contribution in [0.2, 0.25) is 0 Å². The Bertz CT molecular complexity index is 941. The molecule has 1 aliphatic rings. The summed E-state index contributed by atoms with van der Waals surface area (Å²) in [6, 6.07) is 13.8. The maximum atomic E-state index is 12.6. The predicted octanol–water partition coefficient (Wildman–Crippen LogP) is 4.42. The highest BCUT2D eigenvalue weighted by atomic mass is 16.5. The van der Waals surface area contributed by atoms with Gasteiger partial charge in [0.25, 0.3) is 5.91 Å². The second-order valence-electron chi connectivity index (χ2n) is 6.57. The monoisotopic (exact) mass is 335 g/mol. The van der Waals surface area contributed by atoms with E-state index in [2.05, 4.69) is 23.5 Å². The van der Waals surface area contributed by atoms with E-state index in [1.807, 2.05) is 25.1 Å². The number of ether oxygens (including phenoxy) is 1. The Kier molecular flexibility index (Phi) is 3.96. The average molecular weight is 335 g/mol. The van der Waals surface area contributed by atoms with Gasteiger partial charge in [0, 0.05) is 5.39 Å². The number of nitrogens with one attached hydrogen (secondary N) is 1. The van der Waals surface area contributed by atoms with Gasteiger partial charge in [-0.25, -0.2) is 0 Å². The molecular formula is C21H21NO3. The van der Waals surface area contributed by atoms with Crippen LogP contribution in [0.25, 0.3) is 11.0 Å². The molecule has 4 nitrogen and oxygen atoms in total. The maximum Gasteiger partial charge on any atom is 0.287 e. The molecular weight excluding hydrogens is 314 g/mol. The van der Waals surface area contributed by atoms with Crippen molar-refractivity contribution in [1.29, 1.82) is 0 Å².